The summed E-state index contributed by atoms with van der Waals surface area (Å²) in [5.41, 5.74) is 2.41. The Balaban J connectivity index is 1.50. The largest absolute Gasteiger partial charge is 0.508 e. The SMILES string of the molecule is Oc1ccccc1C=NCCN1CCN(Cc2ccccc2O)C1c1ccccc1O. The fourth-order valence-electron chi connectivity index (χ4n) is 4.04. The molecule has 4 rings (SSSR count). The van der Waals surface area contributed by atoms with Crippen molar-refractivity contribution in [1.29, 1.82) is 0 Å². The third-order valence-corrected chi connectivity index (χ3v) is 5.63. The van der Waals surface area contributed by atoms with Crippen molar-refractivity contribution in [2.45, 2.75) is 12.7 Å². The Bertz CT molecular complexity index is 1050. The maximum atomic E-state index is 10.5. The molecule has 1 unspecified atom stereocenters. The van der Waals surface area contributed by atoms with Crippen LogP contribution in [-0.4, -0.2) is 57.5 Å². The standard InChI is InChI=1S/C25H27N3O3/c29-22-10-4-1-7-19(22)17-26-13-14-27-15-16-28(18-20-8-2-5-11-23(20)30)25(27)21-9-3-6-12-24(21)31/h1-12,17,25,29-31H,13-16,18H2. The molecule has 6 heteroatoms. The second-order valence-electron chi connectivity index (χ2n) is 7.66. The van der Waals surface area contributed by atoms with Crippen LogP contribution in [0.25, 0.3) is 0 Å². The van der Waals surface area contributed by atoms with Crippen LogP contribution >= 0.6 is 0 Å². The maximum absolute atomic E-state index is 10.5. The number of para-hydroxylation sites is 3. The lowest BCUT2D eigenvalue weighted by Crippen LogP contribution is -2.32. The molecule has 0 aliphatic carbocycles. The quantitative estimate of drug-likeness (QED) is 0.511. The first-order valence-corrected chi connectivity index (χ1v) is 10.4. The van der Waals surface area contributed by atoms with Crippen LogP contribution in [0.4, 0.5) is 0 Å². The van der Waals surface area contributed by atoms with E-state index in [1.807, 2.05) is 48.5 Å². The van der Waals surface area contributed by atoms with Gasteiger partial charge in [0.2, 0.25) is 0 Å². The van der Waals surface area contributed by atoms with Crippen molar-refractivity contribution >= 4 is 6.21 Å². The van der Waals surface area contributed by atoms with Gasteiger partial charge in [0.05, 0.1) is 12.7 Å². The number of hydrogen-bond donors (Lipinski definition) is 3. The first-order valence-electron chi connectivity index (χ1n) is 10.4. The molecular weight excluding hydrogens is 390 g/mol. The monoisotopic (exact) mass is 417 g/mol. The smallest absolute Gasteiger partial charge is 0.124 e. The maximum Gasteiger partial charge on any atom is 0.124 e. The minimum Gasteiger partial charge on any atom is -0.508 e. The number of rotatable bonds is 7. The number of nitrogens with zero attached hydrogens (tertiary/aromatic N) is 3. The number of aromatic hydroxyl groups is 3. The topological polar surface area (TPSA) is 79.5 Å². The van der Waals surface area contributed by atoms with E-state index in [0.717, 1.165) is 24.2 Å². The molecule has 3 N–H and O–H groups in total. The van der Waals surface area contributed by atoms with E-state index >= 15 is 0 Å². The Morgan fingerprint density at radius 1 is 0.774 bits per heavy atom. The zero-order valence-corrected chi connectivity index (χ0v) is 17.3. The fourth-order valence-corrected chi connectivity index (χ4v) is 4.04. The van der Waals surface area contributed by atoms with Gasteiger partial charge in [-0.15, -0.1) is 0 Å². The normalized spacial score (nSPS) is 17.5. The van der Waals surface area contributed by atoms with Crippen LogP contribution in [0.5, 0.6) is 17.2 Å². The van der Waals surface area contributed by atoms with E-state index in [4.69, 9.17) is 0 Å². The first kappa shape index (κ1) is 20.9. The molecule has 6 nitrogen and oxygen atoms in total. The average Bonchev–Trinajstić information content (AvgIpc) is 3.16. The minimum atomic E-state index is -0.110. The van der Waals surface area contributed by atoms with Crippen molar-refractivity contribution in [2.24, 2.45) is 4.99 Å². The van der Waals surface area contributed by atoms with Gasteiger partial charge in [0.25, 0.3) is 0 Å². The summed E-state index contributed by atoms with van der Waals surface area (Å²) < 4.78 is 0. The van der Waals surface area contributed by atoms with E-state index in [2.05, 4.69) is 14.8 Å². The van der Waals surface area contributed by atoms with E-state index in [0.29, 0.717) is 25.2 Å². The van der Waals surface area contributed by atoms with Crippen LogP contribution in [-0.2, 0) is 6.54 Å². The van der Waals surface area contributed by atoms with Gasteiger partial charge in [0.1, 0.15) is 17.2 Å². The molecule has 3 aromatic rings. The van der Waals surface area contributed by atoms with Gasteiger partial charge < -0.3 is 15.3 Å². The molecule has 0 spiro atoms. The minimum absolute atomic E-state index is 0.110. The number of phenolic OH excluding ortho intramolecular Hbond substituents is 3. The molecule has 160 valence electrons. The summed E-state index contributed by atoms with van der Waals surface area (Å²) in [6.07, 6.45) is 1.58. The Labute approximate surface area is 182 Å². The highest BCUT2D eigenvalue weighted by molar-refractivity contribution is 5.83. The van der Waals surface area contributed by atoms with Gasteiger partial charge in [0.15, 0.2) is 0 Å². The summed E-state index contributed by atoms with van der Waals surface area (Å²) in [7, 11) is 0. The Kier molecular flexibility index (Phi) is 6.50. The van der Waals surface area contributed by atoms with Crippen LogP contribution in [0.15, 0.2) is 77.8 Å². The first-order chi connectivity index (χ1) is 15.1. The van der Waals surface area contributed by atoms with Crippen molar-refractivity contribution in [2.75, 3.05) is 26.2 Å². The van der Waals surface area contributed by atoms with Crippen LogP contribution in [0.2, 0.25) is 0 Å². The second-order valence-corrected chi connectivity index (χ2v) is 7.66. The van der Waals surface area contributed by atoms with Crippen molar-refractivity contribution in [1.82, 2.24) is 9.80 Å². The lowest BCUT2D eigenvalue weighted by Gasteiger charge is -2.31. The van der Waals surface area contributed by atoms with Gasteiger partial charge in [0, 0.05) is 49.1 Å². The summed E-state index contributed by atoms with van der Waals surface area (Å²) in [6.45, 7) is 3.52. The van der Waals surface area contributed by atoms with Crippen LogP contribution in [0, 0.1) is 0 Å². The van der Waals surface area contributed by atoms with Crippen LogP contribution in [0.1, 0.15) is 22.9 Å². The molecule has 0 saturated carbocycles. The summed E-state index contributed by atoms with van der Waals surface area (Å²) >= 11 is 0. The number of benzene rings is 3. The Morgan fingerprint density at radius 3 is 2.16 bits per heavy atom. The van der Waals surface area contributed by atoms with Gasteiger partial charge in [-0.3, -0.25) is 14.8 Å². The summed E-state index contributed by atoms with van der Waals surface area (Å²) in [6, 6.07) is 21.9. The molecular formula is C25H27N3O3. The van der Waals surface area contributed by atoms with Gasteiger partial charge in [-0.2, -0.15) is 0 Å². The van der Waals surface area contributed by atoms with E-state index in [1.54, 1.807) is 30.5 Å². The molecule has 0 radical (unpaired) electrons. The Hall–Kier alpha value is -3.35. The second kappa shape index (κ2) is 9.64. The molecule has 1 atom stereocenters. The average molecular weight is 418 g/mol. The van der Waals surface area contributed by atoms with E-state index in [9.17, 15) is 15.3 Å². The van der Waals surface area contributed by atoms with E-state index < -0.39 is 0 Å². The highest BCUT2D eigenvalue weighted by atomic mass is 16.3. The van der Waals surface area contributed by atoms with Crippen molar-refractivity contribution in [3.05, 3.63) is 89.5 Å². The molecule has 31 heavy (non-hydrogen) atoms. The third kappa shape index (κ3) is 4.87. The van der Waals surface area contributed by atoms with Crippen molar-refractivity contribution < 1.29 is 15.3 Å². The zero-order valence-electron chi connectivity index (χ0n) is 17.3. The fraction of sp³-hybridized carbons (Fsp3) is 0.240. The van der Waals surface area contributed by atoms with Gasteiger partial charge in [-0.05, 0) is 24.3 Å². The number of aliphatic imine (C=N–C) groups is 1. The van der Waals surface area contributed by atoms with Crippen LogP contribution < -0.4 is 0 Å². The lowest BCUT2D eigenvalue weighted by atomic mass is 10.1. The van der Waals surface area contributed by atoms with E-state index in [-0.39, 0.29) is 23.4 Å². The number of hydrogen-bond acceptors (Lipinski definition) is 6. The van der Waals surface area contributed by atoms with Crippen molar-refractivity contribution in [3.8, 4) is 17.2 Å². The predicted molar refractivity (Wildman–Crippen MR) is 122 cm³/mol. The van der Waals surface area contributed by atoms with Gasteiger partial charge >= 0.3 is 0 Å². The highest BCUT2D eigenvalue weighted by Gasteiger charge is 2.34. The number of phenols is 3. The zero-order chi connectivity index (χ0) is 21.6. The molecule has 1 fully saturated rings. The van der Waals surface area contributed by atoms with E-state index in [1.165, 1.54) is 0 Å². The summed E-state index contributed by atoms with van der Waals surface area (Å²) in [4.78, 5) is 9.04. The predicted octanol–water partition coefficient (Wildman–Crippen LogP) is 3.74. The molecule has 0 bridgehead atoms. The van der Waals surface area contributed by atoms with Gasteiger partial charge in [-0.25, -0.2) is 0 Å². The highest BCUT2D eigenvalue weighted by Crippen LogP contribution is 2.36. The van der Waals surface area contributed by atoms with Gasteiger partial charge in [-0.1, -0.05) is 48.5 Å². The molecule has 1 aliphatic heterocycles. The summed E-state index contributed by atoms with van der Waals surface area (Å²) in [5, 5.41) is 30.6. The molecule has 1 heterocycles. The molecule has 0 amide bonds. The Morgan fingerprint density at radius 2 is 1.42 bits per heavy atom. The lowest BCUT2D eigenvalue weighted by molar-refractivity contribution is 0.130. The molecule has 1 aliphatic rings. The van der Waals surface area contributed by atoms with Crippen molar-refractivity contribution in [3.63, 3.8) is 0 Å². The molecule has 1 saturated heterocycles. The van der Waals surface area contributed by atoms with Crippen LogP contribution in [0.3, 0.4) is 0 Å². The molecule has 0 aromatic heterocycles. The third-order valence-electron chi connectivity index (χ3n) is 5.63. The molecule has 3 aromatic carbocycles. The summed E-state index contributed by atoms with van der Waals surface area (Å²) in [5.74, 6) is 0.761.